The SMILES string of the molecule is Cc1cc(-c2ccccc2)cc(-c2nc3ccc([Si](C)(C)C)cc3cc2-c2ccccc2)c1. The van der Waals surface area contributed by atoms with Crippen LogP contribution in [0, 0.1) is 6.92 Å². The minimum Gasteiger partial charge on any atom is -0.247 e. The Morgan fingerprint density at radius 2 is 1.21 bits per heavy atom. The number of benzene rings is 4. The molecule has 0 amide bonds. The smallest absolute Gasteiger partial charge is 0.0788 e. The molecule has 1 heterocycles. The second-order valence-corrected chi connectivity index (χ2v) is 14.9. The summed E-state index contributed by atoms with van der Waals surface area (Å²) in [7, 11) is -1.40. The van der Waals surface area contributed by atoms with Crippen LogP contribution in [-0.2, 0) is 0 Å². The molecule has 2 heteroatoms. The Labute approximate surface area is 197 Å². The average Bonchev–Trinajstić information content (AvgIpc) is 2.83. The van der Waals surface area contributed by atoms with Crippen LogP contribution in [0.3, 0.4) is 0 Å². The Morgan fingerprint density at radius 1 is 0.576 bits per heavy atom. The van der Waals surface area contributed by atoms with Crippen LogP contribution in [-0.4, -0.2) is 13.1 Å². The fourth-order valence-electron chi connectivity index (χ4n) is 4.42. The van der Waals surface area contributed by atoms with Gasteiger partial charge in [0.25, 0.3) is 0 Å². The average molecular weight is 444 g/mol. The van der Waals surface area contributed by atoms with Gasteiger partial charge in [0.2, 0.25) is 0 Å². The van der Waals surface area contributed by atoms with E-state index in [9.17, 15) is 0 Å². The summed E-state index contributed by atoms with van der Waals surface area (Å²) in [5.41, 5.74) is 9.31. The van der Waals surface area contributed by atoms with Crippen molar-refractivity contribution in [3.05, 3.63) is 109 Å². The molecule has 0 bridgehead atoms. The number of aromatic nitrogens is 1. The van der Waals surface area contributed by atoms with E-state index in [1.165, 1.54) is 38.4 Å². The van der Waals surface area contributed by atoms with Gasteiger partial charge in [0.05, 0.1) is 19.3 Å². The van der Waals surface area contributed by atoms with Crippen molar-refractivity contribution in [2.45, 2.75) is 26.6 Å². The van der Waals surface area contributed by atoms with Gasteiger partial charge >= 0.3 is 0 Å². The summed E-state index contributed by atoms with van der Waals surface area (Å²) >= 11 is 0. The molecule has 33 heavy (non-hydrogen) atoms. The van der Waals surface area contributed by atoms with E-state index in [0.29, 0.717) is 0 Å². The molecule has 0 unspecified atom stereocenters. The van der Waals surface area contributed by atoms with Crippen LogP contribution in [0.5, 0.6) is 0 Å². The van der Waals surface area contributed by atoms with Crippen LogP contribution in [0.2, 0.25) is 19.6 Å². The minimum absolute atomic E-state index is 1.04. The third-order valence-electron chi connectivity index (χ3n) is 6.22. The first-order chi connectivity index (χ1) is 15.9. The number of fused-ring (bicyclic) bond motifs is 1. The van der Waals surface area contributed by atoms with E-state index in [0.717, 1.165) is 16.8 Å². The molecule has 0 N–H and O–H groups in total. The third kappa shape index (κ3) is 4.40. The van der Waals surface area contributed by atoms with E-state index in [2.05, 4.69) is 130 Å². The summed E-state index contributed by atoms with van der Waals surface area (Å²) in [4.78, 5) is 5.24. The predicted molar refractivity (Wildman–Crippen MR) is 146 cm³/mol. The molecule has 4 aromatic carbocycles. The van der Waals surface area contributed by atoms with Crippen molar-refractivity contribution in [3.8, 4) is 33.5 Å². The maximum atomic E-state index is 5.24. The molecular formula is C31H29NSi. The molecule has 5 rings (SSSR count). The van der Waals surface area contributed by atoms with Crippen molar-refractivity contribution in [3.63, 3.8) is 0 Å². The lowest BCUT2D eigenvalue weighted by Crippen LogP contribution is -2.37. The summed E-state index contributed by atoms with van der Waals surface area (Å²) in [6, 6.07) is 37.2. The maximum absolute atomic E-state index is 5.24. The van der Waals surface area contributed by atoms with Gasteiger partial charge in [-0.1, -0.05) is 104 Å². The predicted octanol–water partition coefficient (Wildman–Crippen LogP) is 8.09. The van der Waals surface area contributed by atoms with Gasteiger partial charge in [0, 0.05) is 16.5 Å². The molecule has 5 aromatic rings. The van der Waals surface area contributed by atoms with Crippen LogP contribution in [0.1, 0.15) is 5.56 Å². The molecule has 0 aliphatic heterocycles. The van der Waals surface area contributed by atoms with Gasteiger partial charge in [-0.3, -0.25) is 0 Å². The lowest BCUT2D eigenvalue weighted by atomic mass is 9.94. The van der Waals surface area contributed by atoms with Crippen molar-refractivity contribution >= 4 is 24.2 Å². The topological polar surface area (TPSA) is 12.9 Å². The number of rotatable bonds is 4. The van der Waals surface area contributed by atoms with Gasteiger partial charge in [-0.25, -0.2) is 4.98 Å². The minimum atomic E-state index is -1.40. The first kappa shape index (κ1) is 21.4. The molecule has 0 aliphatic carbocycles. The summed E-state index contributed by atoms with van der Waals surface area (Å²) in [6.45, 7) is 9.35. The van der Waals surface area contributed by atoms with Gasteiger partial charge in [-0.15, -0.1) is 0 Å². The van der Waals surface area contributed by atoms with E-state index < -0.39 is 8.07 Å². The van der Waals surface area contributed by atoms with E-state index in [4.69, 9.17) is 4.98 Å². The molecule has 0 spiro atoms. The number of hydrogen-bond acceptors (Lipinski definition) is 1. The number of hydrogen-bond donors (Lipinski definition) is 0. The molecule has 1 aromatic heterocycles. The first-order valence-corrected chi connectivity index (χ1v) is 15.1. The standard InChI is InChI=1S/C31H29NSi/c1-22-17-25(23-11-7-5-8-12-23)19-27(18-22)31-29(24-13-9-6-10-14-24)21-26-20-28(33(2,3)4)15-16-30(26)32-31/h5-21H,1-4H3. The maximum Gasteiger partial charge on any atom is 0.0788 e. The van der Waals surface area contributed by atoms with Crippen LogP contribution in [0.4, 0.5) is 0 Å². The van der Waals surface area contributed by atoms with Gasteiger partial charge < -0.3 is 0 Å². The Bertz CT molecular complexity index is 1430. The lowest BCUT2D eigenvalue weighted by Gasteiger charge is -2.18. The summed E-state index contributed by atoms with van der Waals surface area (Å²) in [5.74, 6) is 0. The zero-order valence-corrected chi connectivity index (χ0v) is 20.8. The van der Waals surface area contributed by atoms with E-state index in [1.54, 1.807) is 0 Å². The van der Waals surface area contributed by atoms with Crippen LogP contribution >= 0.6 is 0 Å². The van der Waals surface area contributed by atoms with Crippen molar-refractivity contribution in [1.29, 1.82) is 0 Å². The van der Waals surface area contributed by atoms with Crippen LogP contribution in [0.15, 0.2) is 103 Å². The van der Waals surface area contributed by atoms with Gasteiger partial charge in [-0.05, 0) is 53.4 Å². The molecule has 162 valence electrons. The third-order valence-corrected chi connectivity index (χ3v) is 8.27. The van der Waals surface area contributed by atoms with E-state index >= 15 is 0 Å². The Kier molecular flexibility index (Phi) is 5.47. The Morgan fingerprint density at radius 3 is 1.88 bits per heavy atom. The summed E-state index contributed by atoms with van der Waals surface area (Å²) < 4.78 is 0. The molecule has 0 saturated carbocycles. The van der Waals surface area contributed by atoms with Crippen molar-refractivity contribution in [2.24, 2.45) is 0 Å². The Balaban J connectivity index is 1.76. The monoisotopic (exact) mass is 443 g/mol. The van der Waals surface area contributed by atoms with Gasteiger partial charge in [-0.2, -0.15) is 0 Å². The fraction of sp³-hybridized carbons (Fsp3) is 0.129. The molecule has 0 radical (unpaired) electrons. The van der Waals surface area contributed by atoms with Crippen molar-refractivity contribution < 1.29 is 0 Å². The van der Waals surface area contributed by atoms with Crippen molar-refractivity contribution in [1.82, 2.24) is 4.98 Å². The summed E-state index contributed by atoms with van der Waals surface area (Å²) in [5, 5.41) is 2.68. The Hall–Kier alpha value is -3.49. The molecule has 0 saturated heterocycles. The largest absolute Gasteiger partial charge is 0.247 e. The van der Waals surface area contributed by atoms with Crippen LogP contribution in [0.25, 0.3) is 44.4 Å². The fourth-order valence-corrected chi connectivity index (χ4v) is 5.59. The number of pyridine rings is 1. The van der Waals surface area contributed by atoms with E-state index in [-0.39, 0.29) is 0 Å². The number of nitrogens with zero attached hydrogens (tertiary/aromatic N) is 1. The molecule has 1 nitrogen and oxygen atoms in total. The first-order valence-electron chi connectivity index (χ1n) is 11.6. The van der Waals surface area contributed by atoms with E-state index in [1.807, 2.05) is 0 Å². The molecule has 0 atom stereocenters. The molecule has 0 aliphatic rings. The highest BCUT2D eigenvalue weighted by molar-refractivity contribution is 6.88. The lowest BCUT2D eigenvalue weighted by molar-refractivity contribution is 1.38. The molecular weight excluding hydrogens is 414 g/mol. The van der Waals surface area contributed by atoms with Gasteiger partial charge in [0.15, 0.2) is 0 Å². The highest BCUT2D eigenvalue weighted by Gasteiger charge is 2.18. The molecule has 0 fully saturated rings. The van der Waals surface area contributed by atoms with Gasteiger partial charge in [0.1, 0.15) is 0 Å². The highest BCUT2D eigenvalue weighted by Crippen LogP contribution is 2.35. The van der Waals surface area contributed by atoms with Crippen molar-refractivity contribution in [2.75, 3.05) is 0 Å². The second kappa shape index (κ2) is 8.46. The zero-order chi connectivity index (χ0) is 23.0. The normalized spacial score (nSPS) is 11.6. The van der Waals surface area contributed by atoms with Crippen LogP contribution < -0.4 is 5.19 Å². The quantitative estimate of drug-likeness (QED) is 0.256. The highest BCUT2D eigenvalue weighted by atomic mass is 28.3. The zero-order valence-electron chi connectivity index (χ0n) is 19.8. The summed E-state index contributed by atoms with van der Waals surface area (Å²) in [6.07, 6.45) is 0. The number of aryl methyl sites for hydroxylation is 1. The second-order valence-electron chi connectivity index (χ2n) is 9.86.